The third-order valence-corrected chi connectivity index (χ3v) is 4.95. The molecule has 0 aliphatic carbocycles. The van der Waals surface area contributed by atoms with Gasteiger partial charge in [-0.2, -0.15) is 0 Å². The fourth-order valence-corrected chi connectivity index (χ4v) is 3.18. The summed E-state index contributed by atoms with van der Waals surface area (Å²) in [7, 11) is 0. The van der Waals surface area contributed by atoms with E-state index >= 15 is 0 Å². The van der Waals surface area contributed by atoms with Gasteiger partial charge in [0.05, 0.1) is 0 Å². The Balaban J connectivity index is 1.47. The van der Waals surface area contributed by atoms with Gasteiger partial charge < -0.3 is 9.64 Å². The molecule has 2 aromatic carbocycles. The Hall–Kier alpha value is -1.82. The molecule has 0 aromatic heterocycles. The van der Waals surface area contributed by atoms with Crippen molar-refractivity contribution in [3.63, 3.8) is 0 Å². The highest BCUT2D eigenvalue weighted by Crippen LogP contribution is 2.21. The van der Waals surface area contributed by atoms with Crippen molar-refractivity contribution in [1.29, 1.82) is 0 Å². The quantitative estimate of drug-likeness (QED) is 0.769. The minimum atomic E-state index is -0.299. The first-order valence-electron chi connectivity index (χ1n) is 8.34. The molecule has 0 bridgehead atoms. The maximum absolute atomic E-state index is 13.9. The average Bonchev–Trinajstić information content (AvgIpc) is 2.65. The first-order valence-corrected chi connectivity index (χ1v) is 9.10. The van der Waals surface area contributed by atoms with Crippen LogP contribution >= 0.6 is 23.2 Å². The zero-order valence-electron chi connectivity index (χ0n) is 14.1. The predicted molar refractivity (Wildman–Crippen MR) is 100 cm³/mol. The van der Waals surface area contributed by atoms with Crippen LogP contribution in [0.5, 0.6) is 5.75 Å². The summed E-state index contributed by atoms with van der Waals surface area (Å²) < 4.78 is 19.4. The minimum Gasteiger partial charge on any atom is -0.484 e. The van der Waals surface area contributed by atoms with Gasteiger partial charge in [0.15, 0.2) is 6.61 Å². The van der Waals surface area contributed by atoms with Crippen LogP contribution in [0.15, 0.2) is 42.5 Å². The van der Waals surface area contributed by atoms with Crippen LogP contribution in [0, 0.1) is 5.82 Å². The molecule has 1 amide bonds. The fraction of sp³-hybridized carbons (Fsp3) is 0.316. The molecule has 1 heterocycles. The molecule has 0 radical (unpaired) electrons. The number of carbonyl (C=O) groups excluding carboxylic acids is 1. The van der Waals surface area contributed by atoms with E-state index in [1.807, 2.05) is 0 Å². The van der Waals surface area contributed by atoms with Crippen LogP contribution < -0.4 is 4.74 Å². The van der Waals surface area contributed by atoms with E-state index in [9.17, 15) is 9.18 Å². The van der Waals surface area contributed by atoms with E-state index < -0.39 is 0 Å². The van der Waals surface area contributed by atoms with Gasteiger partial charge in [0, 0.05) is 48.3 Å². The lowest BCUT2D eigenvalue weighted by Gasteiger charge is -2.34. The Labute approximate surface area is 162 Å². The molecule has 4 nitrogen and oxygen atoms in total. The largest absolute Gasteiger partial charge is 0.484 e. The predicted octanol–water partition coefficient (Wildman–Crippen LogP) is 3.86. The summed E-state index contributed by atoms with van der Waals surface area (Å²) in [4.78, 5) is 16.1. The maximum atomic E-state index is 13.9. The summed E-state index contributed by atoms with van der Waals surface area (Å²) in [6, 6.07) is 11.6. The van der Waals surface area contributed by atoms with Crippen molar-refractivity contribution in [1.82, 2.24) is 9.80 Å². The molecule has 138 valence electrons. The van der Waals surface area contributed by atoms with Crippen LogP contribution in [0.1, 0.15) is 5.56 Å². The highest BCUT2D eigenvalue weighted by atomic mass is 35.5. The molecule has 26 heavy (non-hydrogen) atoms. The Kier molecular flexibility index (Phi) is 6.35. The number of piperazine rings is 1. The van der Waals surface area contributed by atoms with Crippen molar-refractivity contribution in [2.45, 2.75) is 6.54 Å². The van der Waals surface area contributed by atoms with Crippen LogP contribution in [0.4, 0.5) is 4.39 Å². The van der Waals surface area contributed by atoms with Crippen LogP contribution in [-0.4, -0.2) is 48.5 Å². The molecule has 3 rings (SSSR count). The van der Waals surface area contributed by atoms with Crippen molar-refractivity contribution < 1.29 is 13.9 Å². The Morgan fingerprint density at radius 3 is 2.38 bits per heavy atom. The molecule has 1 aliphatic heterocycles. The highest BCUT2D eigenvalue weighted by molar-refractivity contribution is 6.31. The number of amides is 1. The molecule has 0 unspecified atom stereocenters. The van der Waals surface area contributed by atoms with E-state index in [0.29, 0.717) is 54.1 Å². The van der Waals surface area contributed by atoms with Gasteiger partial charge in [-0.15, -0.1) is 0 Å². The molecule has 0 saturated carbocycles. The molecule has 1 fully saturated rings. The average molecular weight is 397 g/mol. The van der Waals surface area contributed by atoms with Gasteiger partial charge in [-0.25, -0.2) is 4.39 Å². The van der Waals surface area contributed by atoms with E-state index in [-0.39, 0.29) is 18.3 Å². The van der Waals surface area contributed by atoms with E-state index in [2.05, 4.69) is 4.90 Å². The molecular formula is C19H19Cl2FN2O2. The zero-order chi connectivity index (χ0) is 18.5. The zero-order valence-corrected chi connectivity index (χ0v) is 15.6. The van der Waals surface area contributed by atoms with Gasteiger partial charge in [-0.3, -0.25) is 9.69 Å². The van der Waals surface area contributed by atoms with Gasteiger partial charge in [-0.1, -0.05) is 29.3 Å². The number of halogens is 3. The lowest BCUT2D eigenvalue weighted by atomic mass is 10.2. The Morgan fingerprint density at radius 1 is 1.04 bits per heavy atom. The summed E-state index contributed by atoms with van der Waals surface area (Å²) in [6.45, 7) is 2.91. The lowest BCUT2D eigenvalue weighted by Crippen LogP contribution is -2.49. The molecule has 1 aliphatic rings. The smallest absolute Gasteiger partial charge is 0.260 e. The minimum absolute atomic E-state index is 0.0131. The monoisotopic (exact) mass is 396 g/mol. The standard InChI is InChI=1S/C19H19Cl2FN2O2/c20-14-4-6-15(7-5-14)26-13-19(25)24-10-8-23(9-11-24)12-16-17(21)2-1-3-18(16)22/h1-7H,8-13H2. The Bertz CT molecular complexity index is 742. The molecule has 2 aromatic rings. The van der Waals surface area contributed by atoms with Gasteiger partial charge in [0.1, 0.15) is 11.6 Å². The number of hydrogen-bond acceptors (Lipinski definition) is 3. The summed E-state index contributed by atoms with van der Waals surface area (Å²) in [5, 5.41) is 1.05. The second-order valence-corrected chi connectivity index (χ2v) is 6.94. The number of ether oxygens (including phenoxy) is 1. The normalized spacial score (nSPS) is 15.1. The SMILES string of the molecule is O=C(COc1ccc(Cl)cc1)N1CCN(Cc2c(F)cccc2Cl)CC1. The van der Waals surface area contributed by atoms with Crippen LogP contribution in [0.25, 0.3) is 0 Å². The van der Waals surface area contributed by atoms with E-state index in [0.717, 1.165) is 0 Å². The van der Waals surface area contributed by atoms with Crippen molar-refractivity contribution >= 4 is 29.1 Å². The summed E-state index contributed by atoms with van der Waals surface area (Å²) in [5.74, 6) is 0.242. The molecule has 0 spiro atoms. The summed E-state index contributed by atoms with van der Waals surface area (Å²) >= 11 is 11.9. The highest BCUT2D eigenvalue weighted by Gasteiger charge is 2.22. The van der Waals surface area contributed by atoms with Gasteiger partial charge in [0.2, 0.25) is 0 Å². The van der Waals surface area contributed by atoms with Crippen LogP contribution in [-0.2, 0) is 11.3 Å². The van der Waals surface area contributed by atoms with E-state index in [4.69, 9.17) is 27.9 Å². The fourth-order valence-electron chi connectivity index (χ4n) is 2.83. The van der Waals surface area contributed by atoms with Crippen LogP contribution in [0.2, 0.25) is 10.0 Å². The lowest BCUT2D eigenvalue weighted by molar-refractivity contribution is -0.135. The van der Waals surface area contributed by atoms with E-state index in [1.165, 1.54) is 6.07 Å². The third kappa shape index (κ3) is 4.87. The third-order valence-electron chi connectivity index (χ3n) is 4.34. The second-order valence-electron chi connectivity index (χ2n) is 6.10. The summed E-state index contributed by atoms with van der Waals surface area (Å²) in [6.07, 6.45) is 0. The second kappa shape index (κ2) is 8.71. The Morgan fingerprint density at radius 2 is 1.73 bits per heavy atom. The first-order chi connectivity index (χ1) is 12.5. The molecular weight excluding hydrogens is 378 g/mol. The van der Waals surface area contributed by atoms with Crippen LogP contribution in [0.3, 0.4) is 0 Å². The molecule has 1 saturated heterocycles. The number of rotatable bonds is 5. The van der Waals surface area contributed by atoms with E-state index in [1.54, 1.807) is 41.3 Å². The number of benzene rings is 2. The number of carbonyl (C=O) groups is 1. The summed E-state index contributed by atoms with van der Waals surface area (Å²) in [5.41, 5.74) is 0.500. The number of nitrogens with zero attached hydrogens (tertiary/aromatic N) is 2. The van der Waals surface area contributed by atoms with Crippen molar-refractivity contribution in [2.75, 3.05) is 32.8 Å². The molecule has 7 heteroatoms. The molecule has 0 N–H and O–H groups in total. The maximum Gasteiger partial charge on any atom is 0.260 e. The number of hydrogen-bond donors (Lipinski definition) is 0. The molecule has 0 atom stereocenters. The van der Waals surface area contributed by atoms with Gasteiger partial charge in [-0.05, 0) is 36.4 Å². The van der Waals surface area contributed by atoms with Gasteiger partial charge >= 0.3 is 0 Å². The van der Waals surface area contributed by atoms with Crippen molar-refractivity contribution in [3.8, 4) is 5.75 Å². The van der Waals surface area contributed by atoms with Gasteiger partial charge in [0.25, 0.3) is 5.91 Å². The topological polar surface area (TPSA) is 32.8 Å². The van der Waals surface area contributed by atoms with Crippen molar-refractivity contribution in [3.05, 3.63) is 63.9 Å². The van der Waals surface area contributed by atoms with Crippen molar-refractivity contribution in [2.24, 2.45) is 0 Å². The first kappa shape index (κ1) is 19.0.